The molecule has 3 aromatic rings. The maximum absolute atomic E-state index is 12.4. The molecule has 1 aromatic heterocycles. The number of hydrogen-bond donors (Lipinski definition) is 1. The first kappa shape index (κ1) is 20.5. The third-order valence-electron chi connectivity index (χ3n) is 5.29. The van der Waals surface area contributed by atoms with Crippen LogP contribution in [0.1, 0.15) is 41.0 Å². The van der Waals surface area contributed by atoms with Crippen molar-refractivity contribution in [3.63, 3.8) is 0 Å². The lowest BCUT2D eigenvalue weighted by molar-refractivity contribution is -0.117. The number of piperidine rings is 1. The lowest BCUT2D eigenvalue weighted by atomic mass is 9.97. The van der Waals surface area contributed by atoms with Crippen LogP contribution in [0.3, 0.4) is 0 Å². The number of thiazole rings is 1. The summed E-state index contributed by atoms with van der Waals surface area (Å²) in [4.78, 5) is 31.1. The van der Waals surface area contributed by atoms with Crippen molar-refractivity contribution < 1.29 is 14.3 Å². The smallest absolute Gasteiger partial charge is 0.338 e. The molecule has 0 atom stereocenters. The molecule has 30 heavy (non-hydrogen) atoms. The van der Waals surface area contributed by atoms with E-state index in [1.54, 1.807) is 42.5 Å². The van der Waals surface area contributed by atoms with Crippen LogP contribution in [0, 0.1) is 0 Å². The van der Waals surface area contributed by atoms with Crippen LogP contribution in [0.4, 0.5) is 5.69 Å². The number of amides is 1. The summed E-state index contributed by atoms with van der Waals surface area (Å²) in [5, 5.41) is 4.12. The van der Waals surface area contributed by atoms with E-state index in [1.807, 2.05) is 6.07 Å². The Hall–Kier alpha value is -2.77. The molecule has 1 N–H and O–H groups in total. The van der Waals surface area contributed by atoms with E-state index in [2.05, 4.69) is 28.4 Å². The normalized spacial score (nSPS) is 15.2. The zero-order valence-corrected chi connectivity index (χ0v) is 17.8. The van der Waals surface area contributed by atoms with Crippen molar-refractivity contribution in [2.24, 2.45) is 0 Å². The SMILES string of the molecule is CCOC(=O)c1ccc(NC(=O)CN2CCC(c3nc4ccccc4s3)CC2)cc1. The van der Waals surface area contributed by atoms with Crippen molar-refractivity contribution in [3.8, 4) is 0 Å². The molecule has 156 valence electrons. The molecule has 0 bridgehead atoms. The van der Waals surface area contributed by atoms with Gasteiger partial charge in [-0.2, -0.15) is 0 Å². The average molecular weight is 424 g/mol. The topological polar surface area (TPSA) is 71.5 Å². The number of para-hydroxylation sites is 1. The van der Waals surface area contributed by atoms with Crippen molar-refractivity contribution in [1.29, 1.82) is 0 Å². The molecular formula is C23H25N3O3S. The molecule has 0 spiro atoms. The number of nitrogens with zero attached hydrogens (tertiary/aromatic N) is 2. The fraction of sp³-hybridized carbons (Fsp3) is 0.348. The molecule has 0 radical (unpaired) electrons. The number of carbonyl (C=O) groups excluding carboxylic acids is 2. The molecule has 2 heterocycles. The van der Waals surface area contributed by atoms with Crippen LogP contribution in [-0.2, 0) is 9.53 Å². The quantitative estimate of drug-likeness (QED) is 0.599. The molecule has 1 saturated heterocycles. The number of rotatable bonds is 6. The fourth-order valence-electron chi connectivity index (χ4n) is 3.71. The Kier molecular flexibility index (Phi) is 6.40. The van der Waals surface area contributed by atoms with Gasteiger partial charge in [0.2, 0.25) is 5.91 Å². The number of nitrogens with one attached hydrogen (secondary N) is 1. The molecule has 4 rings (SSSR count). The minimum absolute atomic E-state index is 0.0441. The third-order valence-corrected chi connectivity index (χ3v) is 6.49. The van der Waals surface area contributed by atoms with E-state index in [9.17, 15) is 9.59 Å². The van der Waals surface area contributed by atoms with Gasteiger partial charge in [0.25, 0.3) is 0 Å². The van der Waals surface area contributed by atoms with Crippen LogP contribution in [0.2, 0.25) is 0 Å². The lowest BCUT2D eigenvalue weighted by Gasteiger charge is -2.30. The van der Waals surface area contributed by atoms with Crippen molar-refractivity contribution >= 4 is 39.1 Å². The lowest BCUT2D eigenvalue weighted by Crippen LogP contribution is -2.38. The number of aromatic nitrogens is 1. The highest BCUT2D eigenvalue weighted by Gasteiger charge is 2.24. The first-order chi connectivity index (χ1) is 14.6. The number of esters is 1. The van der Waals surface area contributed by atoms with Gasteiger partial charge in [-0.05, 0) is 69.3 Å². The second-order valence-corrected chi connectivity index (χ2v) is 8.48. The van der Waals surface area contributed by atoms with Crippen molar-refractivity contribution in [2.75, 3.05) is 31.6 Å². The van der Waals surface area contributed by atoms with Gasteiger partial charge in [-0.3, -0.25) is 9.69 Å². The maximum atomic E-state index is 12.4. The molecule has 6 nitrogen and oxygen atoms in total. The van der Waals surface area contributed by atoms with E-state index in [-0.39, 0.29) is 11.9 Å². The van der Waals surface area contributed by atoms with Gasteiger partial charge in [0.1, 0.15) is 0 Å². The van der Waals surface area contributed by atoms with Gasteiger partial charge in [-0.15, -0.1) is 11.3 Å². The van der Waals surface area contributed by atoms with Crippen LogP contribution >= 0.6 is 11.3 Å². The third kappa shape index (κ3) is 4.86. The predicted octanol–water partition coefficient (Wildman–Crippen LogP) is 4.29. The van der Waals surface area contributed by atoms with Crippen LogP contribution in [0.5, 0.6) is 0 Å². The van der Waals surface area contributed by atoms with Crippen molar-refractivity contribution in [1.82, 2.24) is 9.88 Å². The summed E-state index contributed by atoms with van der Waals surface area (Å²) in [5.41, 5.74) is 2.23. The molecule has 0 saturated carbocycles. The Bertz CT molecular complexity index is 991. The van der Waals surface area contributed by atoms with E-state index >= 15 is 0 Å². The Morgan fingerprint density at radius 3 is 2.57 bits per heavy atom. The summed E-state index contributed by atoms with van der Waals surface area (Å²) in [6.45, 7) is 4.25. The first-order valence-corrected chi connectivity index (χ1v) is 11.1. The van der Waals surface area contributed by atoms with Crippen LogP contribution in [0.15, 0.2) is 48.5 Å². The molecule has 1 amide bonds. The Morgan fingerprint density at radius 1 is 1.13 bits per heavy atom. The number of likely N-dealkylation sites (tertiary alicyclic amines) is 1. The highest BCUT2D eigenvalue weighted by Crippen LogP contribution is 2.33. The summed E-state index contributed by atoms with van der Waals surface area (Å²) >= 11 is 1.78. The van der Waals surface area contributed by atoms with E-state index in [1.165, 1.54) is 9.71 Å². The Morgan fingerprint density at radius 2 is 1.87 bits per heavy atom. The van der Waals surface area contributed by atoms with Gasteiger partial charge in [0, 0.05) is 11.6 Å². The minimum Gasteiger partial charge on any atom is -0.462 e. The van der Waals surface area contributed by atoms with Gasteiger partial charge in [-0.25, -0.2) is 9.78 Å². The molecule has 1 fully saturated rings. The summed E-state index contributed by atoms with van der Waals surface area (Å²) in [7, 11) is 0. The zero-order valence-electron chi connectivity index (χ0n) is 17.0. The summed E-state index contributed by atoms with van der Waals surface area (Å²) < 4.78 is 6.21. The number of ether oxygens (including phenoxy) is 1. The molecule has 2 aromatic carbocycles. The number of anilines is 1. The largest absolute Gasteiger partial charge is 0.462 e. The monoisotopic (exact) mass is 423 g/mol. The van der Waals surface area contributed by atoms with Gasteiger partial charge in [0.05, 0.1) is 33.9 Å². The average Bonchev–Trinajstić information content (AvgIpc) is 3.19. The van der Waals surface area contributed by atoms with E-state index in [0.717, 1.165) is 31.4 Å². The first-order valence-electron chi connectivity index (χ1n) is 10.3. The number of fused-ring (bicyclic) bond motifs is 1. The molecule has 1 aliphatic rings. The highest BCUT2D eigenvalue weighted by atomic mass is 32.1. The minimum atomic E-state index is -0.355. The van der Waals surface area contributed by atoms with Crippen molar-refractivity contribution in [2.45, 2.75) is 25.7 Å². The van der Waals surface area contributed by atoms with Gasteiger partial charge in [0.15, 0.2) is 0 Å². The predicted molar refractivity (Wildman–Crippen MR) is 119 cm³/mol. The summed E-state index contributed by atoms with van der Waals surface area (Å²) in [5.74, 6) is 0.0702. The van der Waals surface area contributed by atoms with Gasteiger partial charge in [-0.1, -0.05) is 12.1 Å². The molecule has 0 unspecified atom stereocenters. The molecule has 0 aliphatic carbocycles. The Balaban J connectivity index is 1.26. The van der Waals surface area contributed by atoms with Gasteiger partial charge < -0.3 is 10.1 Å². The van der Waals surface area contributed by atoms with Crippen molar-refractivity contribution in [3.05, 3.63) is 59.1 Å². The second kappa shape index (κ2) is 9.36. The molecular weight excluding hydrogens is 398 g/mol. The second-order valence-electron chi connectivity index (χ2n) is 7.42. The molecule has 7 heteroatoms. The number of carbonyl (C=O) groups is 2. The highest BCUT2D eigenvalue weighted by molar-refractivity contribution is 7.18. The number of benzene rings is 2. The standard InChI is InChI=1S/C23H25N3O3S/c1-2-29-23(28)17-7-9-18(10-8-17)24-21(27)15-26-13-11-16(12-14-26)22-25-19-5-3-4-6-20(19)30-22/h3-10,16H,2,11-15H2,1H3,(H,24,27). The zero-order chi connectivity index (χ0) is 20.9. The fourth-order valence-corrected chi connectivity index (χ4v) is 4.85. The van der Waals surface area contributed by atoms with Gasteiger partial charge >= 0.3 is 5.97 Å². The van der Waals surface area contributed by atoms with E-state index in [0.29, 0.717) is 30.3 Å². The van der Waals surface area contributed by atoms with Crippen LogP contribution in [-0.4, -0.2) is 48.0 Å². The van der Waals surface area contributed by atoms with E-state index < -0.39 is 0 Å². The maximum Gasteiger partial charge on any atom is 0.338 e. The van der Waals surface area contributed by atoms with E-state index in [4.69, 9.17) is 9.72 Å². The summed E-state index contributed by atoms with van der Waals surface area (Å²) in [6.07, 6.45) is 2.03. The molecule has 1 aliphatic heterocycles. The Labute approximate surface area is 179 Å². The van der Waals surface area contributed by atoms with Crippen LogP contribution in [0.25, 0.3) is 10.2 Å². The number of hydrogen-bond acceptors (Lipinski definition) is 6. The van der Waals surface area contributed by atoms with Crippen LogP contribution < -0.4 is 5.32 Å². The summed E-state index contributed by atoms with van der Waals surface area (Å²) in [6, 6.07) is 15.0.